The van der Waals surface area contributed by atoms with Crippen LogP contribution >= 0.6 is 11.3 Å². The zero-order chi connectivity index (χ0) is 22.9. The van der Waals surface area contributed by atoms with E-state index >= 15 is 0 Å². The molecule has 4 aromatic rings. The van der Waals surface area contributed by atoms with Crippen LogP contribution in [0.25, 0.3) is 0 Å². The molecule has 0 fully saturated rings. The van der Waals surface area contributed by atoms with Crippen molar-refractivity contribution in [2.24, 2.45) is 0 Å². The molecule has 0 radical (unpaired) electrons. The highest BCUT2D eigenvalue weighted by molar-refractivity contribution is 7.15. The Bertz CT molecular complexity index is 1360. The predicted octanol–water partition coefficient (Wildman–Crippen LogP) is 4.51. The van der Waals surface area contributed by atoms with Gasteiger partial charge in [0.15, 0.2) is 5.13 Å². The van der Waals surface area contributed by atoms with E-state index in [4.69, 9.17) is 4.42 Å². The van der Waals surface area contributed by atoms with Crippen molar-refractivity contribution >= 4 is 34.2 Å². The maximum atomic E-state index is 13.1. The summed E-state index contributed by atoms with van der Waals surface area (Å²) in [6.45, 7) is 0.0246. The number of halogens is 1. The number of nitrogens with zero attached hydrogens (tertiary/aromatic N) is 2. The molecular weight excluding hydrogens is 445 g/mol. The molecule has 164 valence electrons. The number of imide groups is 1. The van der Waals surface area contributed by atoms with E-state index in [1.165, 1.54) is 47.9 Å². The van der Waals surface area contributed by atoms with Crippen LogP contribution in [0.4, 0.5) is 9.52 Å². The number of benzene rings is 2. The summed E-state index contributed by atoms with van der Waals surface area (Å²) >= 11 is 1.31. The second kappa shape index (κ2) is 8.44. The minimum atomic E-state index is -0.475. The fraction of sp³-hybridized carbons (Fsp3) is 0.0833. The number of nitrogens with one attached hydrogen (secondary N) is 1. The van der Waals surface area contributed by atoms with E-state index in [1.807, 2.05) is 0 Å². The van der Waals surface area contributed by atoms with Gasteiger partial charge < -0.3 is 4.42 Å². The van der Waals surface area contributed by atoms with Crippen LogP contribution in [0, 0.1) is 5.82 Å². The average Bonchev–Trinajstić information content (AvgIpc) is 3.54. The fourth-order valence-corrected chi connectivity index (χ4v) is 4.40. The Morgan fingerprint density at radius 3 is 2.61 bits per heavy atom. The second-order valence-corrected chi connectivity index (χ2v) is 8.54. The molecule has 33 heavy (non-hydrogen) atoms. The normalized spacial score (nSPS) is 12.8. The van der Waals surface area contributed by atoms with Gasteiger partial charge in [-0.1, -0.05) is 12.1 Å². The first-order chi connectivity index (χ1) is 16.0. The van der Waals surface area contributed by atoms with E-state index in [-0.39, 0.29) is 29.1 Å². The summed E-state index contributed by atoms with van der Waals surface area (Å²) < 4.78 is 18.3. The van der Waals surface area contributed by atoms with Crippen molar-refractivity contribution < 1.29 is 23.2 Å². The van der Waals surface area contributed by atoms with E-state index in [0.717, 1.165) is 15.3 Å². The van der Waals surface area contributed by atoms with Crippen LogP contribution < -0.4 is 5.32 Å². The van der Waals surface area contributed by atoms with Crippen LogP contribution in [0.3, 0.4) is 0 Å². The van der Waals surface area contributed by atoms with E-state index in [0.29, 0.717) is 17.3 Å². The standard InChI is InChI=1S/C24H16FN3O4S/c25-16-6-3-14(4-7-16)10-18-12-26-24(33-18)27-21(29)15-5-8-19-20(11-15)23(31)28(22(19)30)13-17-2-1-9-32-17/h1-9,11-12H,10,13H2,(H,26,27,29). The molecule has 3 amide bonds. The number of amides is 3. The van der Waals surface area contributed by atoms with Gasteiger partial charge in [-0.2, -0.15) is 0 Å². The van der Waals surface area contributed by atoms with Gasteiger partial charge in [0, 0.05) is 23.1 Å². The molecule has 9 heteroatoms. The summed E-state index contributed by atoms with van der Waals surface area (Å²) in [5.41, 5.74) is 1.60. The topological polar surface area (TPSA) is 92.5 Å². The second-order valence-electron chi connectivity index (χ2n) is 7.43. The van der Waals surface area contributed by atoms with E-state index < -0.39 is 17.7 Å². The van der Waals surface area contributed by atoms with Crippen molar-refractivity contribution in [3.8, 4) is 0 Å². The Hall–Kier alpha value is -4.11. The average molecular weight is 461 g/mol. The Kier molecular flexibility index (Phi) is 5.31. The minimum Gasteiger partial charge on any atom is -0.467 e. The highest BCUT2D eigenvalue weighted by atomic mass is 32.1. The molecule has 1 aliphatic rings. The maximum Gasteiger partial charge on any atom is 0.261 e. The van der Waals surface area contributed by atoms with Crippen LogP contribution in [0.15, 0.2) is 71.5 Å². The van der Waals surface area contributed by atoms with E-state index in [1.54, 1.807) is 30.5 Å². The molecule has 0 unspecified atom stereocenters. The number of carbonyl (C=O) groups excluding carboxylic acids is 3. The number of rotatable bonds is 6. The largest absolute Gasteiger partial charge is 0.467 e. The summed E-state index contributed by atoms with van der Waals surface area (Å²) in [5, 5.41) is 3.12. The van der Waals surface area contributed by atoms with Gasteiger partial charge in [-0.05, 0) is 48.0 Å². The maximum absolute atomic E-state index is 13.1. The van der Waals surface area contributed by atoms with Crippen molar-refractivity contribution in [3.05, 3.63) is 106 Å². The van der Waals surface area contributed by atoms with Gasteiger partial charge in [-0.15, -0.1) is 11.3 Å². The number of carbonyl (C=O) groups is 3. The first-order valence-electron chi connectivity index (χ1n) is 10.0. The van der Waals surface area contributed by atoms with Gasteiger partial charge in [-0.25, -0.2) is 9.37 Å². The Morgan fingerprint density at radius 2 is 1.85 bits per heavy atom. The van der Waals surface area contributed by atoms with Crippen molar-refractivity contribution in [1.82, 2.24) is 9.88 Å². The van der Waals surface area contributed by atoms with Crippen LogP contribution in [-0.4, -0.2) is 27.6 Å². The molecule has 0 bridgehead atoms. The van der Waals surface area contributed by atoms with Crippen LogP contribution in [0.5, 0.6) is 0 Å². The van der Waals surface area contributed by atoms with Crippen molar-refractivity contribution in [2.75, 3.05) is 5.32 Å². The molecule has 0 saturated heterocycles. The molecule has 0 saturated carbocycles. The van der Waals surface area contributed by atoms with Gasteiger partial charge in [0.2, 0.25) is 0 Å². The van der Waals surface area contributed by atoms with Crippen LogP contribution in [0.1, 0.15) is 47.3 Å². The quantitative estimate of drug-likeness (QED) is 0.427. The molecule has 5 rings (SSSR count). The summed E-state index contributed by atoms with van der Waals surface area (Å²) in [7, 11) is 0. The lowest BCUT2D eigenvalue weighted by Gasteiger charge is -2.11. The molecule has 0 aliphatic carbocycles. The molecule has 0 spiro atoms. The first-order valence-corrected chi connectivity index (χ1v) is 10.8. The lowest BCUT2D eigenvalue weighted by molar-refractivity contribution is 0.0631. The zero-order valence-electron chi connectivity index (χ0n) is 17.1. The number of hydrogen-bond acceptors (Lipinski definition) is 6. The molecule has 2 aromatic carbocycles. The summed E-state index contributed by atoms with van der Waals surface area (Å²) in [6, 6.07) is 14.0. The summed E-state index contributed by atoms with van der Waals surface area (Å²) in [4.78, 5) is 44.3. The molecule has 7 nitrogen and oxygen atoms in total. The predicted molar refractivity (Wildman–Crippen MR) is 119 cm³/mol. The number of aromatic nitrogens is 1. The lowest BCUT2D eigenvalue weighted by atomic mass is 10.1. The smallest absolute Gasteiger partial charge is 0.261 e. The molecule has 3 heterocycles. The summed E-state index contributed by atoms with van der Waals surface area (Å²) in [5.74, 6) is -1.15. The van der Waals surface area contributed by atoms with Gasteiger partial charge in [-0.3, -0.25) is 24.6 Å². The third-order valence-electron chi connectivity index (χ3n) is 5.19. The minimum absolute atomic E-state index is 0.0246. The number of fused-ring (bicyclic) bond motifs is 1. The monoisotopic (exact) mass is 461 g/mol. The van der Waals surface area contributed by atoms with E-state index in [2.05, 4.69) is 10.3 Å². The molecular formula is C24H16FN3O4S. The molecule has 1 N–H and O–H groups in total. The highest BCUT2D eigenvalue weighted by Crippen LogP contribution is 2.27. The number of furan rings is 1. The van der Waals surface area contributed by atoms with Crippen LogP contribution in [0.2, 0.25) is 0 Å². The van der Waals surface area contributed by atoms with Gasteiger partial charge in [0.25, 0.3) is 17.7 Å². The van der Waals surface area contributed by atoms with Crippen LogP contribution in [-0.2, 0) is 13.0 Å². The van der Waals surface area contributed by atoms with Crippen molar-refractivity contribution in [3.63, 3.8) is 0 Å². The number of hydrogen-bond donors (Lipinski definition) is 1. The van der Waals surface area contributed by atoms with Gasteiger partial charge in [0.1, 0.15) is 11.6 Å². The third-order valence-corrected chi connectivity index (χ3v) is 6.11. The molecule has 0 atom stereocenters. The number of anilines is 1. The zero-order valence-corrected chi connectivity index (χ0v) is 17.9. The SMILES string of the molecule is O=C(Nc1ncc(Cc2ccc(F)cc2)s1)c1ccc2c(c1)C(=O)N(Cc1ccco1)C2=O. The third kappa shape index (κ3) is 4.18. The fourth-order valence-electron chi connectivity index (χ4n) is 3.55. The van der Waals surface area contributed by atoms with Gasteiger partial charge >= 0.3 is 0 Å². The van der Waals surface area contributed by atoms with Gasteiger partial charge in [0.05, 0.1) is 23.9 Å². The molecule has 2 aromatic heterocycles. The Labute approximate surface area is 191 Å². The van der Waals surface area contributed by atoms with E-state index in [9.17, 15) is 18.8 Å². The van der Waals surface area contributed by atoms with Crippen molar-refractivity contribution in [2.45, 2.75) is 13.0 Å². The Morgan fingerprint density at radius 1 is 1.06 bits per heavy atom. The summed E-state index contributed by atoms with van der Waals surface area (Å²) in [6.07, 6.45) is 3.69. The highest BCUT2D eigenvalue weighted by Gasteiger charge is 2.36. The first kappa shape index (κ1) is 20.8. The Balaban J connectivity index is 1.29. The molecule has 1 aliphatic heterocycles. The number of thiazole rings is 1. The lowest BCUT2D eigenvalue weighted by Crippen LogP contribution is -2.28. The van der Waals surface area contributed by atoms with Crippen molar-refractivity contribution in [1.29, 1.82) is 0 Å².